The molecular formula is C20H12Br2. The molecule has 0 radical (unpaired) electrons. The van der Waals surface area contributed by atoms with Crippen LogP contribution in [0, 0.1) is 0 Å². The van der Waals surface area contributed by atoms with E-state index in [2.05, 4.69) is 98.6 Å². The van der Waals surface area contributed by atoms with Crippen LogP contribution in [0.2, 0.25) is 0 Å². The van der Waals surface area contributed by atoms with E-state index in [4.69, 9.17) is 0 Å². The van der Waals surface area contributed by atoms with Crippen LogP contribution in [0.1, 0.15) is 16.7 Å². The first kappa shape index (κ1) is 14.0. The third kappa shape index (κ3) is 2.18. The SMILES string of the molecule is Brc1ccc2c(c1Br)C(=Cc1ccccc1)c1ccccc1-2. The Kier molecular flexibility index (Phi) is 3.51. The van der Waals surface area contributed by atoms with Gasteiger partial charge in [-0.2, -0.15) is 0 Å². The number of rotatable bonds is 1. The predicted molar refractivity (Wildman–Crippen MR) is 101 cm³/mol. The van der Waals surface area contributed by atoms with Crippen LogP contribution in [0.5, 0.6) is 0 Å². The molecule has 106 valence electrons. The Morgan fingerprint density at radius 1 is 0.636 bits per heavy atom. The summed E-state index contributed by atoms with van der Waals surface area (Å²) >= 11 is 7.39. The van der Waals surface area contributed by atoms with Gasteiger partial charge < -0.3 is 0 Å². The first-order valence-corrected chi connectivity index (χ1v) is 8.69. The second-order valence-electron chi connectivity index (χ2n) is 5.30. The van der Waals surface area contributed by atoms with Crippen LogP contribution < -0.4 is 0 Å². The lowest BCUT2D eigenvalue weighted by molar-refractivity contribution is 1.55. The van der Waals surface area contributed by atoms with E-state index in [1.807, 2.05) is 6.07 Å². The van der Waals surface area contributed by atoms with Crippen molar-refractivity contribution in [1.29, 1.82) is 0 Å². The highest BCUT2D eigenvalue weighted by Gasteiger charge is 2.26. The van der Waals surface area contributed by atoms with Crippen molar-refractivity contribution >= 4 is 43.5 Å². The number of halogens is 2. The molecule has 3 aromatic carbocycles. The van der Waals surface area contributed by atoms with Crippen molar-refractivity contribution in [2.45, 2.75) is 0 Å². The Morgan fingerprint density at radius 2 is 1.32 bits per heavy atom. The van der Waals surface area contributed by atoms with Gasteiger partial charge in [0.1, 0.15) is 0 Å². The average Bonchev–Trinajstić information content (AvgIpc) is 2.87. The highest BCUT2D eigenvalue weighted by atomic mass is 79.9. The Balaban J connectivity index is 2.04. The van der Waals surface area contributed by atoms with Gasteiger partial charge in [0, 0.05) is 14.5 Å². The second-order valence-corrected chi connectivity index (χ2v) is 6.95. The van der Waals surface area contributed by atoms with Gasteiger partial charge in [0.2, 0.25) is 0 Å². The fraction of sp³-hybridized carbons (Fsp3) is 0. The molecule has 2 heteroatoms. The molecule has 0 saturated heterocycles. The van der Waals surface area contributed by atoms with Crippen LogP contribution in [0.25, 0.3) is 22.8 Å². The Morgan fingerprint density at radius 3 is 2.09 bits per heavy atom. The van der Waals surface area contributed by atoms with Gasteiger partial charge in [-0.05, 0) is 71.8 Å². The molecular weight excluding hydrogens is 400 g/mol. The smallest absolute Gasteiger partial charge is 0.0402 e. The highest BCUT2D eigenvalue weighted by molar-refractivity contribution is 9.13. The lowest BCUT2D eigenvalue weighted by Gasteiger charge is -2.07. The summed E-state index contributed by atoms with van der Waals surface area (Å²) in [5.74, 6) is 0. The molecule has 22 heavy (non-hydrogen) atoms. The average molecular weight is 412 g/mol. The molecule has 0 spiro atoms. The lowest BCUT2D eigenvalue weighted by atomic mass is 10.0. The minimum Gasteiger partial charge on any atom is -0.0622 e. The Bertz CT molecular complexity index is 893. The molecule has 0 aromatic heterocycles. The van der Waals surface area contributed by atoms with E-state index in [0.717, 1.165) is 8.95 Å². The summed E-state index contributed by atoms with van der Waals surface area (Å²) in [5.41, 5.74) is 7.62. The maximum absolute atomic E-state index is 3.76. The normalized spacial score (nSPS) is 14.0. The van der Waals surface area contributed by atoms with Crippen molar-refractivity contribution < 1.29 is 0 Å². The van der Waals surface area contributed by atoms with Gasteiger partial charge in [-0.1, -0.05) is 60.7 Å². The van der Waals surface area contributed by atoms with E-state index in [-0.39, 0.29) is 0 Å². The van der Waals surface area contributed by atoms with Crippen molar-refractivity contribution in [3.05, 3.63) is 92.4 Å². The van der Waals surface area contributed by atoms with E-state index in [0.29, 0.717) is 0 Å². The fourth-order valence-electron chi connectivity index (χ4n) is 2.99. The van der Waals surface area contributed by atoms with Gasteiger partial charge >= 0.3 is 0 Å². The molecule has 3 aromatic rings. The molecule has 0 N–H and O–H groups in total. The third-order valence-electron chi connectivity index (χ3n) is 3.98. The molecule has 0 aliphatic heterocycles. The zero-order valence-electron chi connectivity index (χ0n) is 11.7. The fourth-order valence-corrected chi connectivity index (χ4v) is 3.88. The monoisotopic (exact) mass is 410 g/mol. The summed E-state index contributed by atoms with van der Waals surface area (Å²) in [4.78, 5) is 0. The van der Waals surface area contributed by atoms with Crippen LogP contribution in [-0.2, 0) is 0 Å². The lowest BCUT2D eigenvalue weighted by Crippen LogP contribution is -1.85. The minimum atomic E-state index is 1.08. The van der Waals surface area contributed by atoms with Crippen LogP contribution in [0.3, 0.4) is 0 Å². The van der Waals surface area contributed by atoms with Gasteiger partial charge in [-0.25, -0.2) is 0 Å². The number of hydrogen-bond donors (Lipinski definition) is 0. The first-order valence-electron chi connectivity index (χ1n) is 7.10. The zero-order chi connectivity index (χ0) is 15.1. The summed E-state index contributed by atoms with van der Waals surface area (Å²) in [7, 11) is 0. The molecule has 0 heterocycles. The second kappa shape index (κ2) is 5.53. The summed E-state index contributed by atoms with van der Waals surface area (Å²) < 4.78 is 2.20. The van der Waals surface area contributed by atoms with Crippen LogP contribution in [-0.4, -0.2) is 0 Å². The molecule has 4 rings (SSSR count). The molecule has 0 unspecified atom stereocenters. The van der Waals surface area contributed by atoms with E-state index < -0.39 is 0 Å². The molecule has 0 atom stereocenters. The molecule has 0 amide bonds. The van der Waals surface area contributed by atoms with E-state index in [9.17, 15) is 0 Å². The molecule has 0 saturated carbocycles. The topological polar surface area (TPSA) is 0 Å². The highest BCUT2D eigenvalue weighted by Crippen LogP contribution is 2.49. The predicted octanol–water partition coefficient (Wildman–Crippen LogP) is 6.78. The first-order chi connectivity index (χ1) is 10.8. The van der Waals surface area contributed by atoms with Crippen LogP contribution in [0.15, 0.2) is 75.7 Å². The Labute approximate surface area is 146 Å². The number of fused-ring (bicyclic) bond motifs is 3. The summed E-state index contributed by atoms with van der Waals surface area (Å²) in [6, 6.07) is 23.4. The van der Waals surface area contributed by atoms with Crippen molar-refractivity contribution in [1.82, 2.24) is 0 Å². The van der Waals surface area contributed by atoms with Gasteiger partial charge in [-0.15, -0.1) is 0 Å². The number of hydrogen-bond acceptors (Lipinski definition) is 0. The molecule has 1 aliphatic rings. The third-order valence-corrected chi connectivity index (χ3v) is 6.00. The van der Waals surface area contributed by atoms with Crippen molar-refractivity contribution in [3.8, 4) is 11.1 Å². The van der Waals surface area contributed by atoms with E-state index in [1.54, 1.807) is 0 Å². The van der Waals surface area contributed by atoms with Crippen molar-refractivity contribution in [2.24, 2.45) is 0 Å². The maximum Gasteiger partial charge on any atom is 0.0402 e. The summed E-state index contributed by atoms with van der Waals surface area (Å²) in [6.45, 7) is 0. The summed E-state index contributed by atoms with van der Waals surface area (Å²) in [5, 5.41) is 0. The molecule has 0 nitrogen and oxygen atoms in total. The largest absolute Gasteiger partial charge is 0.0622 e. The van der Waals surface area contributed by atoms with Gasteiger partial charge in [0.05, 0.1) is 0 Å². The van der Waals surface area contributed by atoms with Crippen LogP contribution >= 0.6 is 31.9 Å². The summed E-state index contributed by atoms with van der Waals surface area (Å²) in [6.07, 6.45) is 2.27. The van der Waals surface area contributed by atoms with Gasteiger partial charge in [-0.3, -0.25) is 0 Å². The van der Waals surface area contributed by atoms with E-state index in [1.165, 1.54) is 33.4 Å². The molecule has 1 aliphatic carbocycles. The van der Waals surface area contributed by atoms with Gasteiger partial charge in [0.25, 0.3) is 0 Å². The van der Waals surface area contributed by atoms with Crippen molar-refractivity contribution in [2.75, 3.05) is 0 Å². The maximum atomic E-state index is 3.76. The van der Waals surface area contributed by atoms with Crippen LogP contribution in [0.4, 0.5) is 0 Å². The Hall–Kier alpha value is -1.64. The zero-order valence-corrected chi connectivity index (χ0v) is 14.9. The van der Waals surface area contributed by atoms with E-state index >= 15 is 0 Å². The van der Waals surface area contributed by atoms with Crippen molar-refractivity contribution in [3.63, 3.8) is 0 Å². The standard InChI is InChI=1S/C20H12Br2/c21-18-11-10-16-14-8-4-5-9-15(14)17(19(16)20(18)22)12-13-6-2-1-3-7-13/h1-12H. The molecule has 0 bridgehead atoms. The molecule has 0 fully saturated rings. The van der Waals surface area contributed by atoms with Gasteiger partial charge in [0.15, 0.2) is 0 Å². The quantitative estimate of drug-likeness (QED) is 0.323. The number of benzene rings is 3. The minimum absolute atomic E-state index is 1.08.